The van der Waals surface area contributed by atoms with Crippen LogP contribution < -0.4 is 0 Å². The fourth-order valence-corrected chi connectivity index (χ4v) is 4.31. The number of aryl methyl sites for hydroxylation is 1. The van der Waals surface area contributed by atoms with Crippen LogP contribution in [0.2, 0.25) is 0 Å². The van der Waals surface area contributed by atoms with Crippen molar-refractivity contribution in [2.24, 2.45) is 7.05 Å². The van der Waals surface area contributed by atoms with Gasteiger partial charge in [-0.15, -0.1) is 0 Å². The van der Waals surface area contributed by atoms with Crippen molar-refractivity contribution in [2.75, 3.05) is 6.54 Å². The molecule has 0 bridgehead atoms. The van der Waals surface area contributed by atoms with Crippen LogP contribution in [0.15, 0.2) is 73.2 Å². The summed E-state index contributed by atoms with van der Waals surface area (Å²) in [5, 5.41) is 0. The molecule has 144 valence electrons. The molecule has 3 heterocycles. The average molecular weight is 382 g/mol. The molecule has 0 saturated heterocycles. The molecule has 1 unspecified atom stereocenters. The summed E-state index contributed by atoms with van der Waals surface area (Å²) in [5.74, 6) is 0.0199. The van der Waals surface area contributed by atoms with E-state index in [9.17, 15) is 4.79 Å². The molecule has 0 radical (unpaired) electrons. The molecule has 29 heavy (non-hydrogen) atoms. The molecular formula is C24H22N4O. The van der Waals surface area contributed by atoms with Crippen LogP contribution in [0.25, 0.3) is 11.2 Å². The van der Waals surface area contributed by atoms with E-state index in [0.29, 0.717) is 17.6 Å². The Morgan fingerprint density at radius 2 is 1.83 bits per heavy atom. The van der Waals surface area contributed by atoms with E-state index in [1.54, 1.807) is 18.6 Å². The van der Waals surface area contributed by atoms with Crippen molar-refractivity contribution < 1.29 is 4.79 Å². The normalized spacial score (nSPS) is 16.0. The Morgan fingerprint density at radius 3 is 2.69 bits per heavy atom. The standard InChI is InChI=1S/C24H22N4O/c1-27-16-26-22-20(11-13-25-23(22)27)24(29)28-14-12-18-9-5-6-10-19(18)21(28)15-17-7-3-2-4-8-17/h2-11,13,16,21H,12,14-15H2,1H3. The zero-order chi connectivity index (χ0) is 19.8. The maximum Gasteiger partial charge on any atom is 0.256 e. The minimum absolute atomic E-state index is 0.00165. The monoisotopic (exact) mass is 382 g/mol. The number of pyridine rings is 1. The number of hydrogen-bond donors (Lipinski definition) is 0. The third-order valence-electron chi connectivity index (χ3n) is 5.77. The Labute approximate surface area is 169 Å². The Kier molecular flexibility index (Phi) is 4.35. The molecule has 5 nitrogen and oxygen atoms in total. The van der Waals surface area contributed by atoms with E-state index in [0.717, 1.165) is 18.5 Å². The lowest BCUT2D eigenvalue weighted by molar-refractivity contribution is 0.0662. The second-order valence-electron chi connectivity index (χ2n) is 7.54. The summed E-state index contributed by atoms with van der Waals surface area (Å²) in [4.78, 5) is 24.5. The molecule has 1 atom stereocenters. The molecule has 1 amide bonds. The summed E-state index contributed by atoms with van der Waals surface area (Å²) in [6.45, 7) is 0.698. The Bertz CT molecular complexity index is 1180. The van der Waals surface area contributed by atoms with Crippen LogP contribution in [0.3, 0.4) is 0 Å². The summed E-state index contributed by atoms with van der Waals surface area (Å²) >= 11 is 0. The van der Waals surface area contributed by atoms with Gasteiger partial charge in [0.25, 0.3) is 5.91 Å². The van der Waals surface area contributed by atoms with Gasteiger partial charge in [-0.05, 0) is 35.6 Å². The molecule has 5 heteroatoms. The quantitative estimate of drug-likeness (QED) is 0.539. The minimum atomic E-state index is 0.00165. The third kappa shape index (κ3) is 3.09. The number of benzene rings is 2. The van der Waals surface area contributed by atoms with Crippen molar-refractivity contribution >= 4 is 17.1 Å². The van der Waals surface area contributed by atoms with Crippen molar-refractivity contribution in [1.82, 2.24) is 19.4 Å². The summed E-state index contributed by atoms with van der Waals surface area (Å²) in [6, 6.07) is 20.7. The molecule has 1 aliphatic heterocycles. The van der Waals surface area contributed by atoms with E-state index in [2.05, 4.69) is 58.5 Å². The van der Waals surface area contributed by atoms with Gasteiger partial charge in [-0.25, -0.2) is 9.97 Å². The van der Waals surface area contributed by atoms with Gasteiger partial charge in [0.2, 0.25) is 0 Å². The molecule has 0 aliphatic carbocycles. The summed E-state index contributed by atoms with van der Waals surface area (Å²) in [5.41, 5.74) is 5.81. The predicted molar refractivity (Wildman–Crippen MR) is 113 cm³/mol. The summed E-state index contributed by atoms with van der Waals surface area (Å²) < 4.78 is 1.85. The van der Waals surface area contributed by atoms with E-state index >= 15 is 0 Å². The second kappa shape index (κ2) is 7.17. The van der Waals surface area contributed by atoms with Gasteiger partial charge in [-0.2, -0.15) is 0 Å². The van der Waals surface area contributed by atoms with Crippen LogP contribution in [-0.2, 0) is 19.9 Å². The lowest BCUT2D eigenvalue weighted by Gasteiger charge is -2.37. The van der Waals surface area contributed by atoms with E-state index in [1.165, 1.54) is 16.7 Å². The number of hydrogen-bond acceptors (Lipinski definition) is 3. The van der Waals surface area contributed by atoms with Gasteiger partial charge in [-0.3, -0.25) is 4.79 Å². The number of imidazole rings is 1. The van der Waals surface area contributed by atoms with Crippen LogP contribution in [-0.4, -0.2) is 31.9 Å². The molecule has 0 fully saturated rings. The predicted octanol–water partition coefficient (Wildman–Crippen LogP) is 3.95. The number of aromatic nitrogens is 3. The Morgan fingerprint density at radius 1 is 1.03 bits per heavy atom. The fourth-order valence-electron chi connectivity index (χ4n) is 4.31. The Hall–Kier alpha value is -3.47. The second-order valence-corrected chi connectivity index (χ2v) is 7.54. The maximum absolute atomic E-state index is 13.7. The number of rotatable bonds is 3. The number of nitrogens with zero attached hydrogens (tertiary/aromatic N) is 4. The van der Waals surface area contributed by atoms with Crippen LogP contribution in [0.4, 0.5) is 0 Å². The van der Waals surface area contributed by atoms with Crippen LogP contribution >= 0.6 is 0 Å². The molecule has 1 aliphatic rings. The first kappa shape index (κ1) is 17.6. The van der Waals surface area contributed by atoms with E-state index in [1.807, 2.05) is 22.6 Å². The molecular weight excluding hydrogens is 360 g/mol. The van der Waals surface area contributed by atoms with Gasteiger partial charge < -0.3 is 9.47 Å². The first-order valence-corrected chi connectivity index (χ1v) is 9.91. The molecule has 2 aromatic carbocycles. The van der Waals surface area contributed by atoms with Gasteiger partial charge >= 0.3 is 0 Å². The van der Waals surface area contributed by atoms with Crippen LogP contribution in [0.5, 0.6) is 0 Å². The van der Waals surface area contributed by atoms with Crippen molar-refractivity contribution in [2.45, 2.75) is 18.9 Å². The van der Waals surface area contributed by atoms with Gasteiger partial charge in [0.15, 0.2) is 5.65 Å². The fraction of sp³-hybridized carbons (Fsp3) is 0.208. The molecule has 2 aromatic heterocycles. The van der Waals surface area contributed by atoms with E-state index in [4.69, 9.17) is 0 Å². The zero-order valence-electron chi connectivity index (χ0n) is 16.3. The molecule has 5 rings (SSSR count). The number of carbonyl (C=O) groups excluding carboxylic acids is 1. The number of carbonyl (C=O) groups is 1. The van der Waals surface area contributed by atoms with E-state index < -0.39 is 0 Å². The molecule has 0 saturated carbocycles. The van der Waals surface area contributed by atoms with Gasteiger partial charge in [0, 0.05) is 19.8 Å². The molecule has 0 N–H and O–H groups in total. The minimum Gasteiger partial charge on any atom is -0.331 e. The Balaban J connectivity index is 1.57. The van der Waals surface area contributed by atoms with Crippen molar-refractivity contribution in [3.05, 3.63) is 95.4 Å². The highest BCUT2D eigenvalue weighted by atomic mass is 16.2. The molecule has 0 spiro atoms. The summed E-state index contributed by atoms with van der Waals surface area (Å²) in [6.07, 6.45) is 5.06. The van der Waals surface area contributed by atoms with Gasteiger partial charge in [0.1, 0.15) is 5.52 Å². The van der Waals surface area contributed by atoms with Crippen molar-refractivity contribution in [1.29, 1.82) is 0 Å². The topological polar surface area (TPSA) is 51.0 Å². The number of amides is 1. The van der Waals surface area contributed by atoms with Crippen molar-refractivity contribution in [3.8, 4) is 0 Å². The number of fused-ring (bicyclic) bond motifs is 2. The van der Waals surface area contributed by atoms with Crippen LogP contribution in [0, 0.1) is 0 Å². The SMILES string of the molecule is Cn1cnc2c(C(=O)N3CCc4ccccc4C3Cc3ccccc3)ccnc21. The highest BCUT2D eigenvalue weighted by Gasteiger charge is 2.32. The highest BCUT2D eigenvalue weighted by molar-refractivity contribution is 6.04. The highest BCUT2D eigenvalue weighted by Crippen LogP contribution is 2.34. The van der Waals surface area contributed by atoms with Gasteiger partial charge in [-0.1, -0.05) is 54.6 Å². The molecule has 4 aromatic rings. The van der Waals surface area contributed by atoms with Gasteiger partial charge in [0.05, 0.1) is 17.9 Å². The third-order valence-corrected chi connectivity index (χ3v) is 5.77. The zero-order valence-corrected chi connectivity index (χ0v) is 16.3. The first-order chi connectivity index (χ1) is 14.2. The lowest BCUT2D eigenvalue weighted by atomic mass is 9.88. The summed E-state index contributed by atoms with van der Waals surface area (Å²) in [7, 11) is 1.89. The van der Waals surface area contributed by atoms with Crippen molar-refractivity contribution in [3.63, 3.8) is 0 Å². The van der Waals surface area contributed by atoms with Crippen LogP contribution in [0.1, 0.15) is 33.1 Å². The first-order valence-electron chi connectivity index (χ1n) is 9.91. The lowest BCUT2D eigenvalue weighted by Crippen LogP contribution is -2.41. The largest absolute Gasteiger partial charge is 0.331 e. The maximum atomic E-state index is 13.7. The average Bonchev–Trinajstić information content (AvgIpc) is 3.15. The van der Waals surface area contributed by atoms with E-state index in [-0.39, 0.29) is 11.9 Å². The smallest absolute Gasteiger partial charge is 0.256 e.